The first kappa shape index (κ1) is 12.0. The van der Waals surface area contributed by atoms with E-state index in [4.69, 9.17) is 0 Å². The number of hydrogen-bond acceptors (Lipinski definition) is 2. The van der Waals surface area contributed by atoms with Crippen molar-refractivity contribution in [3.63, 3.8) is 0 Å². The van der Waals surface area contributed by atoms with Crippen molar-refractivity contribution in [3.8, 4) is 0 Å². The molecule has 2 nitrogen and oxygen atoms in total. The van der Waals surface area contributed by atoms with Gasteiger partial charge in [0.15, 0.2) is 0 Å². The van der Waals surface area contributed by atoms with E-state index in [0.717, 1.165) is 12.2 Å². The van der Waals surface area contributed by atoms with Crippen LogP contribution >= 0.6 is 0 Å². The summed E-state index contributed by atoms with van der Waals surface area (Å²) in [4.78, 5) is 3.95. The molecule has 1 rings (SSSR count). The highest BCUT2D eigenvalue weighted by Crippen LogP contribution is 2.16. The Kier molecular flexibility index (Phi) is 4.62. The maximum absolute atomic E-state index is 12.2. The molecule has 1 heterocycles. The maximum Gasteiger partial charge on any atom is 0.265 e. The molecule has 0 bridgehead atoms. The molecule has 0 saturated carbocycles. The van der Waals surface area contributed by atoms with Crippen LogP contribution in [0.3, 0.4) is 0 Å². The summed E-state index contributed by atoms with van der Waals surface area (Å²) < 4.78 is 24.4. The fraction of sp³-hybridized carbons (Fsp3) is 0.545. The van der Waals surface area contributed by atoms with Crippen molar-refractivity contribution in [2.45, 2.75) is 26.8 Å². The lowest BCUT2D eigenvalue weighted by molar-refractivity contribution is 0.151. The van der Waals surface area contributed by atoms with Crippen LogP contribution in [-0.4, -0.2) is 11.5 Å². The molecule has 0 fully saturated rings. The van der Waals surface area contributed by atoms with Crippen LogP contribution in [0.5, 0.6) is 0 Å². The summed E-state index contributed by atoms with van der Waals surface area (Å²) >= 11 is 0. The Morgan fingerprint density at radius 1 is 1.33 bits per heavy atom. The second kappa shape index (κ2) is 5.75. The number of halogens is 2. The topological polar surface area (TPSA) is 24.9 Å². The van der Waals surface area contributed by atoms with Gasteiger partial charge in [0, 0.05) is 18.3 Å². The molecule has 0 aliphatic rings. The third-order valence-electron chi connectivity index (χ3n) is 1.96. The molecular formula is C11H16F2N2. The van der Waals surface area contributed by atoms with E-state index < -0.39 is 6.43 Å². The van der Waals surface area contributed by atoms with Crippen LogP contribution in [0.1, 0.15) is 31.5 Å². The molecular weight excluding hydrogens is 198 g/mol. The van der Waals surface area contributed by atoms with E-state index in [1.807, 2.05) is 0 Å². The monoisotopic (exact) mass is 214 g/mol. The summed E-state index contributed by atoms with van der Waals surface area (Å²) in [6.45, 7) is 5.75. The van der Waals surface area contributed by atoms with Gasteiger partial charge < -0.3 is 5.32 Å². The first-order chi connectivity index (χ1) is 7.09. The van der Waals surface area contributed by atoms with E-state index in [1.54, 1.807) is 6.07 Å². The zero-order valence-corrected chi connectivity index (χ0v) is 9.00. The molecule has 0 atom stereocenters. The van der Waals surface area contributed by atoms with Gasteiger partial charge >= 0.3 is 0 Å². The van der Waals surface area contributed by atoms with Crippen molar-refractivity contribution < 1.29 is 8.78 Å². The van der Waals surface area contributed by atoms with Gasteiger partial charge in [-0.2, -0.15) is 0 Å². The van der Waals surface area contributed by atoms with E-state index in [1.165, 1.54) is 12.3 Å². The lowest BCUT2D eigenvalue weighted by Gasteiger charge is -2.07. The minimum Gasteiger partial charge on any atom is -0.311 e. The summed E-state index contributed by atoms with van der Waals surface area (Å²) in [5, 5.41) is 3.20. The largest absolute Gasteiger partial charge is 0.311 e. The van der Waals surface area contributed by atoms with Gasteiger partial charge in [0.05, 0.1) is 5.69 Å². The average Bonchev–Trinajstić information content (AvgIpc) is 2.18. The molecule has 0 amide bonds. The van der Waals surface area contributed by atoms with Crippen molar-refractivity contribution in [1.29, 1.82) is 0 Å². The standard InChI is InChI=1S/C11H16F2N2/c1-8(2)5-14-7-10-4-3-9(6-15-10)11(12)13/h3-4,6,8,11,14H,5,7H2,1-2H3. The van der Waals surface area contributed by atoms with Crippen molar-refractivity contribution in [2.24, 2.45) is 5.92 Å². The lowest BCUT2D eigenvalue weighted by atomic mass is 10.2. The Hall–Kier alpha value is -1.03. The first-order valence-electron chi connectivity index (χ1n) is 5.03. The van der Waals surface area contributed by atoms with E-state index >= 15 is 0 Å². The average molecular weight is 214 g/mol. The van der Waals surface area contributed by atoms with Gasteiger partial charge in [0.2, 0.25) is 0 Å². The Bertz CT molecular complexity index is 283. The molecule has 1 aromatic rings. The fourth-order valence-electron chi connectivity index (χ4n) is 1.16. The van der Waals surface area contributed by atoms with E-state index in [9.17, 15) is 8.78 Å². The molecule has 84 valence electrons. The molecule has 0 aromatic carbocycles. The molecule has 0 saturated heterocycles. The van der Waals surface area contributed by atoms with Crippen LogP contribution in [0.15, 0.2) is 18.3 Å². The maximum atomic E-state index is 12.2. The molecule has 0 radical (unpaired) electrons. The van der Waals surface area contributed by atoms with Crippen LogP contribution in [0.4, 0.5) is 8.78 Å². The van der Waals surface area contributed by atoms with Crippen molar-refractivity contribution in [2.75, 3.05) is 6.54 Å². The fourth-order valence-corrected chi connectivity index (χ4v) is 1.16. The van der Waals surface area contributed by atoms with Gasteiger partial charge in [-0.1, -0.05) is 13.8 Å². The van der Waals surface area contributed by atoms with Crippen LogP contribution < -0.4 is 5.32 Å². The van der Waals surface area contributed by atoms with Gasteiger partial charge in [-0.3, -0.25) is 4.98 Å². The highest BCUT2D eigenvalue weighted by molar-refractivity contribution is 5.14. The summed E-state index contributed by atoms with van der Waals surface area (Å²) in [6, 6.07) is 3.05. The molecule has 4 heteroatoms. The third kappa shape index (κ3) is 4.34. The Morgan fingerprint density at radius 3 is 2.53 bits per heavy atom. The van der Waals surface area contributed by atoms with Gasteiger partial charge in [-0.05, 0) is 24.6 Å². The van der Waals surface area contributed by atoms with Gasteiger partial charge in [-0.15, -0.1) is 0 Å². The normalized spacial score (nSPS) is 11.3. The molecule has 1 N–H and O–H groups in total. The van der Waals surface area contributed by atoms with Crippen LogP contribution in [0, 0.1) is 5.92 Å². The molecule has 1 aromatic heterocycles. The molecule has 0 aliphatic carbocycles. The van der Waals surface area contributed by atoms with Gasteiger partial charge in [0.25, 0.3) is 6.43 Å². The SMILES string of the molecule is CC(C)CNCc1ccc(C(F)F)cn1. The number of aromatic nitrogens is 1. The highest BCUT2D eigenvalue weighted by atomic mass is 19.3. The summed E-state index contributed by atoms with van der Waals surface area (Å²) in [7, 11) is 0. The zero-order chi connectivity index (χ0) is 11.3. The summed E-state index contributed by atoms with van der Waals surface area (Å²) in [5.41, 5.74) is 0.766. The number of rotatable bonds is 5. The minimum atomic E-state index is -2.44. The molecule has 0 aliphatic heterocycles. The molecule has 15 heavy (non-hydrogen) atoms. The number of alkyl halides is 2. The predicted octanol–water partition coefficient (Wildman–Crippen LogP) is 2.76. The Morgan fingerprint density at radius 2 is 2.07 bits per heavy atom. The number of pyridine rings is 1. The number of hydrogen-bond donors (Lipinski definition) is 1. The molecule has 0 spiro atoms. The Labute approximate surface area is 88.7 Å². The van der Waals surface area contributed by atoms with E-state index in [2.05, 4.69) is 24.1 Å². The predicted molar refractivity (Wildman–Crippen MR) is 55.7 cm³/mol. The highest BCUT2D eigenvalue weighted by Gasteiger charge is 2.06. The Balaban J connectivity index is 2.43. The van der Waals surface area contributed by atoms with Crippen molar-refractivity contribution >= 4 is 0 Å². The second-order valence-electron chi connectivity index (χ2n) is 3.91. The van der Waals surface area contributed by atoms with E-state index in [-0.39, 0.29) is 5.56 Å². The number of nitrogens with one attached hydrogen (secondary N) is 1. The number of nitrogens with zero attached hydrogens (tertiary/aromatic N) is 1. The summed E-state index contributed by atoms with van der Waals surface area (Å²) in [6.07, 6.45) is -1.20. The van der Waals surface area contributed by atoms with Crippen molar-refractivity contribution in [3.05, 3.63) is 29.6 Å². The van der Waals surface area contributed by atoms with Crippen LogP contribution in [0.25, 0.3) is 0 Å². The minimum absolute atomic E-state index is 0.0254. The van der Waals surface area contributed by atoms with Crippen LogP contribution in [0.2, 0.25) is 0 Å². The van der Waals surface area contributed by atoms with E-state index in [0.29, 0.717) is 12.5 Å². The van der Waals surface area contributed by atoms with Crippen molar-refractivity contribution in [1.82, 2.24) is 10.3 Å². The summed E-state index contributed by atoms with van der Waals surface area (Å²) in [5.74, 6) is 0.574. The smallest absolute Gasteiger partial charge is 0.265 e. The zero-order valence-electron chi connectivity index (χ0n) is 9.00. The van der Waals surface area contributed by atoms with Gasteiger partial charge in [0.1, 0.15) is 0 Å². The molecule has 0 unspecified atom stereocenters. The van der Waals surface area contributed by atoms with Gasteiger partial charge in [-0.25, -0.2) is 8.78 Å². The first-order valence-corrected chi connectivity index (χ1v) is 5.03. The lowest BCUT2D eigenvalue weighted by Crippen LogP contribution is -2.19. The quantitative estimate of drug-likeness (QED) is 0.815. The third-order valence-corrected chi connectivity index (χ3v) is 1.96. The second-order valence-corrected chi connectivity index (χ2v) is 3.91. The van der Waals surface area contributed by atoms with Crippen LogP contribution in [-0.2, 0) is 6.54 Å².